The first-order chi connectivity index (χ1) is 9.11. The Labute approximate surface area is 111 Å². The molecule has 0 spiro atoms. The number of nitrogens with zero attached hydrogens (tertiary/aromatic N) is 1. The van der Waals surface area contributed by atoms with E-state index in [9.17, 15) is 4.39 Å². The third kappa shape index (κ3) is 3.19. The summed E-state index contributed by atoms with van der Waals surface area (Å²) in [7, 11) is 1.63. The number of benzene rings is 1. The van der Waals surface area contributed by atoms with Gasteiger partial charge in [-0.25, -0.2) is 9.37 Å². The Balaban J connectivity index is 2.18. The Morgan fingerprint density at radius 2 is 2.26 bits per heavy atom. The van der Waals surface area contributed by atoms with Crippen molar-refractivity contribution in [3.63, 3.8) is 0 Å². The third-order valence-electron chi connectivity index (χ3n) is 3.06. The Kier molecular flexibility index (Phi) is 4.29. The number of aryl methyl sites for hydroxylation is 1. The molecule has 0 saturated carbocycles. The Morgan fingerprint density at radius 1 is 1.47 bits per heavy atom. The number of imidazole rings is 1. The maximum atomic E-state index is 13.5. The van der Waals surface area contributed by atoms with Crippen LogP contribution in [-0.2, 0) is 4.74 Å². The van der Waals surface area contributed by atoms with Crippen LogP contribution in [0.3, 0.4) is 0 Å². The van der Waals surface area contributed by atoms with Crippen LogP contribution in [0.5, 0.6) is 0 Å². The molecule has 0 fully saturated rings. The van der Waals surface area contributed by atoms with E-state index >= 15 is 0 Å². The molecule has 0 radical (unpaired) electrons. The fraction of sp³-hybridized carbons (Fsp3) is 0.357. The predicted molar refractivity (Wildman–Crippen MR) is 72.1 cm³/mol. The van der Waals surface area contributed by atoms with Crippen molar-refractivity contribution in [1.29, 1.82) is 0 Å². The van der Waals surface area contributed by atoms with Gasteiger partial charge in [0, 0.05) is 19.3 Å². The normalized spacial score (nSPS) is 12.6. The second kappa shape index (κ2) is 5.95. The van der Waals surface area contributed by atoms with Crippen LogP contribution in [0, 0.1) is 12.7 Å². The first-order valence-corrected chi connectivity index (χ1v) is 6.17. The summed E-state index contributed by atoms with van der Waals surface area (Å²) in [5.74, 6) is 0.463. The maximum Gasteiger partial charge on any atom is 0.126 e. The molecule has 1 aromatic heterocycles. The minimum absolute atomic E-state index is 0.205. The molecule has 19 heavy (non-hydrogen) atoms. The average molecular weight is 263 g/mol. The molecule has 1 aromatic carbocycles. The standard InChI is InChI=1S/C14H18FN3O/c1-9-3-4-10(7-11(9)15)13-8-17-14(18-13)12(16)5-6-19-2/h3-4,7-8,12H,5-6,16H2,1-2H3,(H,17,18). The molecule has 0 aliphatic rings. The number of H-pyrrole nitrogens is 1. The van der Waals surface area contributed by atoms with Gasteiger partial charge in [-0.1, -0.05) is 12.1 Å². The quantitative estimate of drug-likeness (QED) is 0.871. The van der Waals surface area contributed by atoms with Crippen molar-refractivity contribution in [2.45, 2.75) is 19.4 Å². The van der Waals surface area contributed by atoms with Crippen LogP contribution in [-0.4, -0.2) is 23.7 Å². The lowest BCUT2D eigenvalue weighted by atomic mass is 10.1. The second-order valence-corrected chi connectivity index (χ2v) is 4.53. The van der Waals surface area contributed by atoms with Gasteiger partial charge in [-0.2, -0.15) is 0 Å². The van der Waals surface area contributed by atoms with Crippen LogP contribution in [0.15, 0.2) is 24.4 Å². The molecule has 1 atom stereocenters. The number of aromatic nitrogens is 2. The summed E-state index contributed by atoms with van der Waals surface area (Å²) in [5.41, 5.74) is 8.13. The molecule has 1 unspecified atom stereocenters. The zero-order chi connectivity index (χ0) is 13.8. The van der Waals surface area contributed by atoms with E-state index in [4.69, 9.17) is 10.5 Å². The van der Waals surface area contributed by atoms with E-state index in [1.165, 1.54) is 6.07 Å². The van der Waals surface area contributed by atoms with E-state index in [-0.39, 0.29) is 11.9 Å². The highest BCUT2D eigenvalue weighted by Gasteiger charge is 2.11. The molecule has 2 aromatic rings. The third-order valence-corrected chi connectivity index (χ3v) is 3.06. The summed E-state index contributed by atoms with van der Waals surface area (Å²) in [6.45, 7) is 2.31. The van der Waals surface area contributed by atoms with Crippen molar-refractivity contribution < 1.29 is 9.13 Å². The van der Waals surface area contributed by atoms with E-state index < -0.39 is 0 Å². The first-order valence-electron chi connectivity index (χ1n) is 6.17. The summed E-state index contributed by atoms with van der Waals surface area (Å²) in [6.07, 6.45) is 2.36. The van der Waals surface area contributed by atoms with Crippen molar-refractivity contribution >= 4 is 0 Å². The monoisotopic (exact) mass is 263 g/mol. The molecule has 1 heterocycles. The maximum absolute atomic E-state index is 13.5. The van der Waals surface area contributed by atoms with Gasteiger partial charge in [-0.15, -0.1) is 0 Å². The van der Waals surface area contributed by atoms with Crippen molar-refractivity contribution in [3.8, 4) is 11.3 Å². The average Bonchev–Trinajstić information content (AvgIpc) is 2.89. The number of hydrogen-bond acceptors (Lipinski definition) is 3. The van der Waals surface area contributed by atoms with Gasteiger partial charge in [-0.3, -0.25) is 0 Å². The topological polar surface area (TPSA) is 63.9 Å². The van der Waals surface area contributed by atoms with Gasteiger partial charge in [0.15, 0.2) is 0 Å². The molecule has 0 aliphatic heterocycles. The fourth-order valence-corrected chi connectivity index (χ4v) is 1.81. The first kappa shape index (κ1) is 13.7. The summed E-state index contributed by atoms with van der Waals surface area (Å²) in [6, 6.07) is 4.89. The lowest BCUT2D eigenvalue weighted by Gasteiger charge is -2.07. The van der Waals surface area contributed by atoms with Gasteiger partial charge < -0.3 is 15.5 Å². The zero-order valence-corrected chi connectivity index (χ0v) is 11.1. The molecule has 102 valence electrons. The van der Waals surface area contributed by atoms with E-state index in [1.54, 1.807) is 26.3 Å². The molecular formula is C14H18FN3O. The van der Waals surface area contributed by atoms with E-state index in [0.29, 0.717) is 24.4 Å². The number of ether oxygens (including phenoxy) is 1. The molecule has 3 N–H and O–H groups in total. The lowest BCUT2D eigenvalue weighted by Crippen LogP contribution is -2.14. The Bertz CT molecular complexity index is 553. The summed E-state index contributed by atoms with van der Waals surface area (Å²) in [5, 5.41) is 0. The van der Waals surface area contributed by atoms with E-state index in [1.807, 2.05) is 6.07 Å². The molecule has 5 heteroatoms. The Morgan fingerprint density at radius 3 is 2.95 bits per heavy atom. The molecule has 0 saturated heterocycles. The van der Waals surface area contributed by atoms with Crippen LogP contribution in [0.25, 0.3) is 11.3 Å². The second-order valence-electron chi connectivity index (χ2n) is 4.53. The lowest BCUT2D eigenvalue weighted by molar-refractivity contribution is 0.187. The van der Waals surface area contributed by atoms with Gasteiger partial charge in [0.1, 0.15) is 11.6 Å². The van der Waals surface area contributed by atoms with Crippen molar-refractivity contribution in [2.75, 3.05) is 13.7 Å². The largest absolute Gasteiger partial charge is 0.385 e. The number of halogens is 1. The van der Waals surface area contributed by atoms with Gasteiger partial charge in [0.25, 0.3) is 0 Å². The fourth-order valence-electron chi connectivity index (χ4n) is 1.81. The minimum atomic E-state index is -0.225. The van der Waals surface area contributed by atoms with Gasteiger partial charge in [0.2, 0.25) is 0 Å². The van der Waals surface area contributed by atoms with Crippen LogP contribution >= 0.6 is 0 Å². The van der Waals surface area contributed by atoms with Crippen molar-refractivity contribution in [2.24, 2.45) is 5.73 Å². The summed E-state index contributed by atoms with van der Waals surface area (Å²) >= 11 is 0. The number of methoxy groups -OCH3 is 1. The van der Waals surface area contributed by atoms with Crippen molar-refractivity contribution in [3.05, 3.63) is 41.6 Å². The van der Waals surface area contributed by atoms with Crippen molar-refractivity contribution in [1.82, 2.24) is 9.97 Å². The molecule has 4 nitrogen and oxygen atoms in total. The van der Waals surface area contributed by atoms with Crippen LogP contribution in [0.4, 0.5) is 4.39 Å². The number of hydrogen-bond donors (Lipinski definition) is 2. The molecule has 0 aliphatic carbocycles. The number of nitrogens with one attached hydrogen (secondary N) is 1. The highest BCUT2D eigenvalue weighted by molar-refractivity contribution is 5.59. The zero-order valence-electron chi connectivity index (χ0n) is 11.1. The SMILES string of the molecule is COCCC(N)c1ncc(-c2ccc(C)c(F)c2)[nH]1. The smallest absolute Gasteiger partial charge is 0.126 e. The summed E-state index contributed by atoms with van der Waals surface area (Å²) in [4.78, 5) is 7.37. The molecule has 0 bridgehead atoms. The van der Waals surface area contributed by atoms with Gasteiger partial charge in [0.05, 0.1) is 17.9 Å². The number of aromatic amines is 1. The van der Waals surface area contributed by atoms with Crippen LogP contribution in [0.1, 0.15) is 23.9 Å². The van der Waals surface area contributed by atoms with Crippen LogP contribution < -0.4 is 5.73 Å². The summed E-state index contributed by atoms with van der Waals surface area (Å²) < 4.78 is 18.5. The van der Waals surface area contributed by atoms with E-state index in [0.717, 1.165) is 11.3 Å². The predicted octanol–water partition coefficient (Wildman–Crippen LogP) is 2.56. The number of rotatable bonds is 5. The number of nitrogens with two attached hydrogens (primary N) is 1. The van der Waals surface area contributed by atoms with Crippen LogP contribution in [0.2, 0.25) is 0 Å². The molecule has 2 rings (SSSR count). The highest BCUT2D eigenvalue weighted by Crippen LogP contribution is 2.21. The van der Waals surface area contributed by atoms with Gasteiger partial charge >= 0.3 is 0 Å². The van der Waals surface area contributed by atoms with Gasteiger partial charge in [-0.05, 0) is 25.0 Å². The minimum Gasteiger partial charge on any atom is -0.385 e. The van der Waals surface area contributed by atoms with E-state index in [2.05, 4.69) is 9.97 Å². The highest BCUT2D eigenvalue weighted by atomic mass is 19.1. The molecule has 0 amide bonds. The Hall–Kier alpha value is -1.72. The molecular weight excluding hydrogens is 245 g/mol.